The SMILES string of the molecule is C[C@H]1C[C@H]2CSC(N)=N[C@@]2(c2nc(NC(=O)c3cn(C)nc3C(F)(F)F)cs2)CO1.O=C(O)C(F)(F)F. The van der Waals surface area contributed by atoms with Crippen molar-refractivity contribution in [3.8, 4) is 0 Å². The standard InChI is InChI=1S/C17H19F3N6O2S2.C2HF3O2/c1-8-3-9-5-30-15(21)24-16(9,7-28-8)14-23-11(6-29-14)22-13(27)10-4-26(2)25-12(10)17(18,19)20;3-2(4,5)1(6)7/h4,6,8-9H,3,5,7H2,1-2H3,(H2,21,24)(H,22,27);(H,6,7)/t8-,9-,16-;/m0./s1. The van der Waals surface area contributed by atoms with E-state index < -0.39 is 41.0 Å². The van der Waals surface area contributed by atoms with Gasteiger partial charge in [-0.3, -0.25) is 9.48 Å². The van der Waals surface area contributed by atoms with Crippen molar-refractivity contribution in [1.29, 1.82) is 0 Å². The monoisotopic (exact) mass is 574 g/mol. The number of hydrogen-bond acceptors (Lipinski definition) is 9. The van der Waals surface area contributed by atoms with Gasteiger partial charge >= 0.3 is 18.3 Å². The zero-order chi connectivity index (χ0) is 27.8. The first-order chi connectivity index (χ1) is 17.0. The van der Waals surface area contributed by atoms with E-state index in [1.165, 1.54) is 30.1 Å². The number of amidine groups is 1. The van der Waals surface area contributed by atoms with Crippen molar-refractivity contribution in [3.05, 3.63) is 27.8 Å². The van der Waals surface area contributed by atoms with Gasteiger partial charge in [-0.15, -0.1) is 11.3 Å². The Morgan fingerprint density at radius 2 is 1.95 bits per heavy atom. The number of thiazole rings is 1. The van der Waals surface area contributed by atoms with Crippen molar-refractivity contribution >= 4 is 46.0 Å². The molecular formula is C19H20F6N6O4S2. The van der Waals surface area contributed by atoms with Crippen LogP contribution >= 0.6 is 23.1 Å². The number of hydrogen-bond donors (Lipinski definition) is 3. The minimum Gasteiger partial charge on any atom is -0.475 e. The molecule has 10 nitrogen and oxygen atoms in total. The van der Waals surface area contributed by atoms with Crippen LogP contribution in [0, 0.1) is 5.92 Å². The quantitative estimate of drug-likeness (QED) is 0.473. The van der Waals surface area contributed by atoms with Crippen LogP contribution in [0.1, 0.15) is 34.4 Å². The molecule has 18 heteroatoms. The number of alkyl halides is 6. The van der Waals surface area contributed by atoms with Crippen molar-refractivity contribution in [2.45, 2.75) is 37.3 Å². The van der Waals surface area contributed by atoms with Gasteiger partial charge in [-0.05, 0) is 13.3 Å². The highest BCUT2D eigenvalue weighted by Gasteiger charge is 2.49. The Labute approximate surface area is 213 Å². The number of carbonyl (C=O) groups excluding carboxylic acids is 1. The molecule has 3 atom stereocenters. The van der Waals surface area contributed by atoms with Crippen LogP contribution in [0.15, 0.2) is 16.6 Å². The number of thioether (sulfide) groups is 1. The third-order valence-electron chi connectivity index (χ3n) is 5.32. The maximum absolute atomic E-state index is 13.1. The lowest BCUT2D eigenvalue weighted by atomic mass is 9.80. The van der Waals surface area contributed by atoms with Gasteiger partial charge < -0.3 is 20.9 Å². The number of aryl methyl sites for hydroxylation is 1. The fourth-order valence-corrected chi connectivity index (χ4v) is 5.63. The Balaban J connectivity index is 0.000000479. The van der Waals surface area contributed by atoms with Crippen LogP contribution in [0.25, 0.3) is 0 Å². The minimum atomic E-state index is -5.08. The first-order valence-electron chi connectivity index (χ1n) is 10.3. The number of rotatable bonds is 3. The van der Waals surface area contributed by atoms with Crippen molar-refractivity contribution in [1.82, 2.24) is 14.8 Å². The van der Waals surface area contributed by atoms with E-state index in [-0.39, 0.29) is 17.8 Å². The topological polar surface area (TPSA) is 145 Å². The second-order valence-corrected chi connectivity index (χ2v) is 10.00. The Hall–Kier alpha value is -2.86. The largest absolute Gasteiger partial charge is 0.490 e. The molecule has 0 bridgehead atoms. The van der Waals surface area contributed by atoms with Gasteiger partial charge in [0.1, 0.15) is 16.4 Å². The smallest absolute Gasteiger partial charge is 0.475 e. The maximum atomic E-state index is 13.1. The number of carboxylic acid groups (broad SMARTS) is 1. The van der Waals surface area contributed by atoms with Gasteiger partial charge in [0.2, 0.25) is 0 Å². The number of carboxylic acids is 1. The van der Waals surface area contributed by atoms with Gasteiger partial charge in [-0.2, -0.15) is 31.4 Å². The molecule has 1 saturated heterocycles. The van der Waals surface area contributed by atoms with Gasteiger partial charge in [0.25, 0.3) is 5.91 Å². The Morgan fingerprint density at radius 3 is 2.54 bits per heavy atom. The minimum absolute atomic E-state index is 0.0868. The van der Waals surface area contributed by atoms with Gasteiger partial charge in [0.15, 0.2) is 10.9 Å². The number of carbonyl (C=O) groups is 2. The number of fused-ring (bicyclic) bond motifs is 1. The maximum Gasteiger partial charge on any atom is 0.490 e. The van der Waals surface area contributed by atoms with Crippen LogP contribution in [0.2, 0.25) is 0 Å². The van der Waals surface area contributed by atoms with Crippen molar-refractivity contribution < 1.29 is 45.8 Å². The molecule has 0 radical (unpaired) electrons. The molecule has 37 heavy (non-hydrogen) atoms. The summed E-state index contributed by atoms with van der Waals surface area (Å²) in [7, 11) is 1.32. The van der Waals surface area contributed by atoms with Crippen LogP contribution in [0.3, 0.4) is 0 Å². The summed E-state index contributed by atoms with van der Waals surface area (Å²) in [5.41, 5.74) is 3.41. The lowest BCUT2D eigenvalue weighted by Crippen LogP contribution is -2.49. The van der Waals surface area contributed by atoms with Crippen molar-refractivity contribution in [2.75, 3.05) is 17.7 Å². The zero-order valence-corrected chi connectivity index (χ0v) is 20.7. The van der Waals surface area contributed by atoms with Crippen molar-refractivity contribution in [3.63, 3.8) is 0 Å². The molecule has 4 N–H and O–H groups in total. The highest BCUT2D eigenvalue weighted by molar-refractivity contribution is 8.13. The molecule has 0 unspecified atom stereocenters. The molecule has 2 aliphatic heterocycles. The van der Waals surface area contributed by atoms with Gasteiger partial charge in [0.05, 0.1) is 18.3 Å². The Bertz CT molecular complexity index is 1200. The number of ether oxygens (including phenoxy) is 1. The van der Waals surface area contributed by atoms with Crippen LogP contribution in [0.4, 0.5) is 32.2 Å². The summed E-state index contributed by atoms with van der Waals surface area (Å²) in [6.07, 6.45) is -7.92. The molecule has 4 rings (SSSR count). The van der Waals surface area contributed by atoms with E-state index in [2.05, 4.69) is 20.4 Å². The molecule has 0 aromatic carbocycles. The number of halogens is 6. The molecule has 0 saturated carbocycles. The summed E-state index contributed by atoms with van der Waals surface area (Å²) in [4.78, 5) is 30.5. The van der Waals surface area contributed by atoms with Gasteiger partial charge in [0, 0.05) is 30.3 Å². The summed E-state index contributed by atoms with van der Waals surface area (Å²) >= 11 is 2.75. The second kappa shape index (κ2) is 10.5. The predicted octanol–water partition coefficient (Wildman–Crippen LogP) is 3.46. The van der Waals surface area contributed by atoms with E-state index in [1.54, 1.807) is 5.38 Å². The molecular weight excluding hydrogens is 554 g/mol. The van der Waals surface area contributed by atoms with Gasteiger partial charge in [-0.25, -0.2) is 14.8 Å². The third-order valence-corrected chi connectivity index (χ3v) is 7.29. The van der Waals surface area contributed by atoms with E-state index in [4.69, 9.17) is 20.4 Å². The molecule has 2 aromatic heterocycles. The molecule has 4 heterocycles. The summed E-state index contributed by atoms with van der Waals surface area (Å²) < 4.78 is 78.0. The van der Waals surface area contributed by atoms with E-state index in [0.29, 0.717) is 16.8 Å². The summed E-state index contributed by atoms with van der Waals surface area (Å²) in [6.45, 7) is 2.30. The number of nitrogens with zero attached hydrogens (tertiary/aromatic N) is 4. The number of aliphatic imine (C=N–C) groups is 1. The summed E-state index contributed by atoms with van der Waals surface area (Å²) in [5.74, 6) is -2.61. The summed E-state index contributed by atoms with van der Waals surface area (Å²) in [6, 6.07) is 0. The third kappa shape index (κ3) is 6.53. The molecule has 1 amide bonds. The van der Waals surface area contributed by atoms with E-state index in [9.17, 15) is 31.1 Å². The van der Waals surface area contributed by atoms with E-state index in [1.807, 2.05) is 6.92 Å². The van der Waals surface area contributed by atoms with Crippen molar-refractivity contribution in [2.24, 2.45) is 23.7 Å². The number of nitrogens with two attached hydrogens (primary N) is 1. The number of aromatic nitrogens is 3. The van der Waals surface area contributed by atoms with Crippen LogP contribution < -0.4 is 11.1 Å². The molecule has 0 spiro atoms. The lowest BCUT2D eigenvalue weighted by molar-refractivity contribution is -0.192. The molecule has 204 valence electrons. The number of nitrogens with one attached hydrogen (secondary N) is 1. The number of amides is 1. The highest BCUT2D eigenvalue weighted by Crippen LogP contribution is 2.47. The van der Waals surface area contributed by atoms with Gasteiger partial charge in [-0.1, -0.05) is 11.8 Å². The fourth-order valence-electron chi connectivity index (χ4n) is 3.66. The Kier molecular flexibility index (Phi) is 8.13. The average Bonchev–Trinajstić information content (AvgIpc) is 3.40. The van der Waals surface area contributed by atoms with E-state index in [0.717, 1.165) is 23.1 Å². The predicted molar refractivity (Wildman–Crippen MR) is 121 cm³/mol. The first-order valence-corrected chi connectivity index (χ1v) is 12.2. The fraction of sp³-hybridized carbons (Fsp3) is 0.526. The van der Waals surface area contributed by atoms with Crippen LogP contribution in [0.5, 0.6) is 0 Å². The molecule has 0 aliphatic carbocycles. The average molecular weight is 575 g/mol. The first kappa shape index (κ1) is 28.7. The van der Waals surface area contributed by atoms with Crippen LogP contribution in [-0.4, -0.2) is 61.6 Å². The number of anilines is 1. The highest BCUT2D eigenvalue weighted by atomic mass is 32.2. The Morgan fingerprint density at radius 1 is 1.30 bits per heavy atom. The van der Waals surface area contributed by atoms with E-state index >= 15 is 0 Å². The van der Waals surface area contributed by atoms with Crippen LogP contribution in [-0.2, 0) is 28.3 Å². The normalized spacial score (nSPS) is 23.8. The molecule has 2 aliphatic rings. The molecule has 2 aromatic rings. The lowest BCUT2D eigenvalue weighted by Gasteiger charge is -2.44. The zero-order valence-electron chi connectivity index (χ0n) is 19.1. The summed E-state index contributed by atoms with van der Waals surface area (Å²) in [5, 5.41) is 15.5. The second-order valence-electron chi connectivity index (χ2n) is 8.10. The number of aliphatic carboxylic acids is 1. The molecule has 1 fully saturated rings.